The summed E-state index contributed by atoms with van der Waals surface area (Å²) in [6.45, 7) is 9.56. The molecular formula is C15H25N2O3P. The Morgan fingerprint density at radius 3 is 2.43 bits per heavy atom. The summed E-state index contributed by atoms with van der Waals surface area (Å²) < 4.78 is 23.3. The van der Waals surface area contributed by atoms with E-state index in [2.05, 4.69) is 11.6 Å². The number of pyridine rings is 1. The largest absolute Gasteiger partial charge is 0.344 e. The van der Waals surface area contributed by atoms with Crippen LogP contribution in [0, 0.1) is 0 Å². The molecule has 0 aliphatic heterocycles. The van der Waals surface area contributed by atoms with Gasteiger partial charge in [0, 0.05) is 25.5 Å². The van der Waals surface area contributed by atoms with Crippen LogP contribution < -0.4 is 0 Å². The Morgan fingerprint density at radius 1 is 1.29 bits per heavy atom. The average molecular weight is 312 g/mol. The summed E-state index contributed by atoms with van der Waals surface area (Å²) in [7, 11) is -3.06. The van der Waals surface area contributed by atoms with Gasteiger partial charge in [-0.1, -0.05) is 6.08 Å². The van der Waals surface area contributed by atoms with E-state index in [0.717, 1.165) is 13.0 Å². The number of nitrogens with zero attached hydrogens (tertiary/aromatic N) is 2. The minimum atomic E-state index is -3.06. The Labute approximate surface area is 127 Å². The van der Waals surface area contributed by atoms with E-state index in [-0.39, 0.29) is 6.29 Å². The molecule has 0 saturated heterocycles. The van der Waals surface area contributed by atoms with Crippen molar-refractivity contribution in [2.24, 2.45) is 0 Å². The average Bonchev–Trinajstić information content (AvgIpc) is 2.46. The van der Waals surface area contributed by atoms with Crippen LogP contribution in [0.5, 0.6) is 0 Å². The van der Waals surface area contributed by atoms with Gasteiger partial charge in [0.2, 0.25) is 0 Å². The van der Waals surface area contributed by atoms with Crippen LogP contribution in [-0.2, 0) is 20.0 Å². The first kappa shape index (κ1) is 18.1. The second kappa shape index (κ2) is 9.85. The number of rotatable bonds is 11. The van der Waals surface area contributed by atoms with E-state index in [1.54, 1.807) is 18.5 Å². The van der Waals surface area contributed by atoms with Gasteiger partial charge >= 0.3 is 7.60 Å². The van der Waals surface area contributed by atoms with Crippen LogP contribution in [0.15, 0.2) is 37.2 Å². The van der Waals surface area contributed by atoms with Crippen LogP contribution in [0.1, 0.15) is 19.4 Å². The van der Waals surface area contributed by atoms with Crippen LogP contribution in [0.3, 0.4) is 0 Å². The molecule has 0 N–H and O–H groups in total. The van der Waals surface area contributed by atoms with Crippen LogP contribution in [0.2, 0.25) is 0 Å². The molecule has 1 aromatic rings. The van der Waals surface area contributed by atoms with E-state index in [1.807, 2.05) is 30.9 Å². The maximum absolute atomic E-state index is 12.6. The van der Waals surface area contributed by atoms with Crippen LogP contribution >= 0.6 is 7.60 Å². The van der Waals surface area contributed by atoms with Crippen LogP contribution in [-0.4, -0.2) is 42.5 Å². The smallest absolute Gasteiger partial charge is 0.308 e. The zero-order valence-corrected chi connectivity index (χ0v) is 13.8. The van der Waals surface area contributed by atoms with Gasteiger partial charge in [0.25, 0.3) is 0 Å². The molecule has 5 nitrogen and oxygen atoms in total. The van der Waals surface area contributed by atoms with E-state index >= 15 is 0 Å². The van der Waals surface area contributed by atoms with Gasteiger partial charge in [-0.2, -0.15) is 0 Å². The predicted molar refractivity (Wildman–Crippen MR) is 85.4 cm³/mol. The van der Waals surface area contributed by atoms with Gasteiger partial charge < -0.3 is 9.05 Å². The third kappa shape index (κ3) is 7.00. The Morgan fingerprint density at radius 2 is 1.90 bits per heavy atom. The summed E-state index contributed by atoms with van der Waals surface area (Å²) in [5.41, 5.74) is 1.20. The Balaban J connectivity index is 2.62. The molecule has 1 heterocycles. The highest BCUT2D eigenvalue weighted by molar-refractivity contribution is 7.53. The normalized spacial score (nSPS) is 11.8. The van der Waals surface area contributed by atoms with Gasteiger partial charge in [-0.15, -0.1) is 6.58 Å². The van der Waals surface area contributed by atoms with E-state index in [4.69, 9.17) is 9.05 Å². The lowest BCUT2D eigenvalue weighted by molar-refractivity contribution is 0.200. The number of hydrogen-bond acceptors (Lipinski definition) is 5. The molecule has 0 saturated carbocycles. The minimum Gasteiger partial charge on any atom is -0.308 e. The fourth-order valence-electron chi connectivity index (χ4n) is 2.00. The second-order valence-corrected chi connectivity index (χ2v) is 6.58. The summed E-state index contributed by atoms with van der Waals surface area (Å²) >= 11 is 0. The zero-order chi connectivity index (χ0) is 15.6. The predicted octanol–water partition coefficient (Wildman–Crippen LogP) is 3.34. The molecular weight excluding hydrogens is 287 g/mol. The van der Waals surface area contributed by atoms with Gasteiger partial charge in [0.05, 0.1) is 13.2 Å². The van der Waals surface area contributed by atoms with Crippen molar-refractivity contribution in [3.8, 4) is 0 Å². The van der Waals surface area contributed by atoms with Gasteiger partial charge in [-0.25, -0.2) is 0 Å². The quantitative estimate of drug-likeness (QED) is 0.463. The number of aromatic nitrogens is 1. The molecule has 21 heavy (non-hydrogen) atoms. The van der Waals surface area contributed by atoms with Crippen molar-refractivity contribution in [3.05, 3.63) is 42.7 Å². The fraction of sp³-hybridized carbons (Fsp3) is 0.533. The van der Waals surface area contributed by atoms with E-state index in [1.165, 1.54) is 5.56 Å². The topological polar surface area (TPSA) is 51.7 Å². The molecule has 118 valence electrons. The molecule has 1 aromatic heterocycles. The highest BCUT2D eigenvalue weighted by Gasteiger charge is 2.26. The van der Waals surface area contributed by atoms with Crippen molar-refractivity contribution >= 4 is 7.60 Å². The molecule has 0 aliphatic rings. The molecule has 1 rings (SSSR count). The highest BCUT2D eigenvalue weighted by atomic mass is 31.2. The molecule has 0 radical (unpaired) electrons. The first-order chi connectivity index (χ1) is 10.1. The Hall–Kier alpha value is -1.00. The molecule has 0 spiro atoms. The summed E-state index contributed by atoms with van der Waals surface area (Å²) in [6, 6.07) is 3.97. The zero-order valence-electron chi connectivity index (χ0n) is 12.9. The summed E-state index contributed by atoms with van der Waals surface area (Å²) in [5.74, 6) is 0. The maximum atomic E-state index is 12.6. The molecule has 0 bridgehead atoms. The lowest BCUT2D eigenvalue weighted by Gasteiger charge is -2.25. The standard InChI is InChI=1S/C15H25N2O3P/c1-4-12-17(13-9-15-7-10-16-11-8-15)14-21(18,19-5-2)20-6-3/h4,7-8,10-11H,1,5-6,9,12-14H2,2-3H3. The van der Waals surface area contributed by atoms with Crippen molar-refractivity contribution in [2.45, 2.75) is 20.3 Å². The van der Waals surface area contributed by atoms with Crippen molar-refractivity contribution < 1.29 is 13.6 Å². The second-order valence-electron chi connectivity index (χ2n) is 4.56. The molecule has 0 fully saturated rings. The molecule has 0 aliphatic carbocycles. The van der Waals surface area contributed by atoms with Gasteiger partial charge in [-0.3, -0.25) is 14.4 Å². The van der Waals surface area contributed by atoms with E-state index in [9.17, 15) is 4.57 Å². The lowest BCUT2D eigenvalue weighted by atomic mass is 10.2. The third-order valence-corrected chi connectivity index (χ3v) is 4.93. The molecule has 0 unspecified atom stereocenters. The van der Waals surface area contributed by atoms with Gasteiger partial charge in [0.15, 0.2) is 0 Å². The Bertz CT molecular complexity index is 443. The first-order valence-corrected chi connectivity index (χ1v) is 8.96. The minimum absolute atomic E-state index is 0.284. The highest BCUT2D eigenvalue weighted by Crippen LogP contribution is 2.48. The monoisotopic (exact) mass is 312 g/mol. The third-order valence-electron chi connectivity index (χ3n) is 2.88. The Kier molecular flexibility index (Phi) is 8.47. The number of hydrogen-bond donors (Lipinski definition) is 0. The summed E-state index contributed by atoms with van der Waals surface area (Å²) in [4.78, 5) is 6.04. The SMILES string of the molecule is C=CCN(CCc1ccncc1)CP(=O)(OCC)OCC. The van der Waals surface area contributed by atoms with E-state index in [0.29, 0.717) is 19.8 Å². The van der Waals surface area contributed by atoms with Gasteiger partial charge in [-0.05, 0) is 38.0 Å². The van der Waals surface area contributed by atoms with Crippen molar-refractivity contribution in [3.63, 3.8) is 0 Å². The van der Waals surface area contributed by atoms with Crippen LogP contribution in [0.25, 0.3) is 0 Å². The molecule has 0 amide bonds. The van der Waals surface area contributed by atoms with Crippen molar-refractivity contribution in [1.82, 2.24) is 9.88 Å². The molecule has 0 atom stereocenters. The summed E-state index contributed by atoms with van der Waals surface area (Å²) in [5, 5.41) is 0. The molecule has 0 aromatic carbocycles. The van der Waals surface area contributed by atoms with Gasteiger partial charge in [0.1, 0.15) is 6.29 Å². The van der Waals surface area contributed by atoms with E-state index < -0.39 is 7.60 Å². The first-order valence-electron chi connectivity index (χ1n) is 7.23. The molecule has 6 heteroatoms. The van der Waals surface area contributed by atoms with Crippen LogP contribution in [0.4, 0.5) is 0 Å². The van der Waals surface area contributed by atoms with Crippen molar-refractivity contribution in [1.29, 1.82) is 0 Å². The summed E-state index contributed by atoms with van der Waals surface area (Å²) in [6.07, 6.45) is 6.49. The lowest BCUT2D eigenvalue weighted by Crippen LogP contribution is -2.28. The maximum Gasteiger partial charge on any atom is 0.344 e. The van der Waals surface area contributed by atoms with Crippen molar-refractivity contribution in [2.75, 3.05) is 32.6 Å². The fourth-order valence-corrected chi connectivity index (χ4v) is 3.77.